The van der Waals surface area contributed by atoms with E-state index in [1.807, 2.05) is 0 Å². The average molecular weight is 249 g/mol. The predicted molar refractivity (Wildman–Crippen MR) is 47.1 cm³/mol. The first-order chi connectivity index (χ1) is 6.06. The van der Waals surface area contributed by atoms with Crippen molar-refractivity contribution < 1.29 is 19.0 Å². The lowest BCUT2D eigenvalue weighted by molar-refractivity contribution is 0.0600. The maximum Gasteiger partial charge on any atom is 0.338 e. The first-order valence-electron chi connectivity index (χ1n) is 3.32. The van der Waals surface area contributed by atoms with Crippen LogP contribution in [0.1, 0.15) is 10.4 Å². The lowest BCUT2D eigenvalue weighted by Gasteiger charge is -2.02. The largest absolute Gasteiger partial charge is 0.505 e. The average Bonchev–Trinajstić information content (AvgIpc) is 2.12. The van der Waals surface area contributed by atoms with Gasteiger partial charge in [0.1, 0.15) is 0 Å². The number of hydrogen-bond acceptors (Lipinski definition) is 3. The summed E-state index contributed by atoms with van der Waals surface area (Å²) in [6.07, 6.45) is 0. The number of benzene rings is 1. The summed E-state index contributed by atoms with van der Waals surface area (Å²) in [6, 6.07) is 2.24. The molecule has 70 valence electrons. The van der Waals surface area contributed by atoms with Gasteiger partial charge in [-0.3, -0.25) is 0 Å². The SMILES string of the molecule is COC(=O)c1cc(O)c(F)c(Br)c1. The number of carbonyl (C=O) groups excluding carboxylic acids is 1. The van der Waals surface area contributed by atoms with Gasteiger partial charge in [-0.2, -0.15) is 0 Å². The van der Waals surface area contributed by atoms with E-state index in [-0.39, 0.29) is 10.0 Å². The third-order valence-corrected chi connectivity index (χ3v) is 2.01. The summed E-state index contributed by atoms with van der Waals surface area (Å²) in [5, 5.41) is 9.01. The van der Waals surface area contributed by atoms with E-state index >= 15 is 0 Å². The second-order valence-corrected chi connectivity index (χ2v) is 3.14. The molecule has 0 heterocycles. The van der Waals surface area contributed by atoms with Gasteiger partial charge in [0.25, 0.3) is 0 Å². The molecular weight excluding hydrogens is 243 g/mol. The molecule has 0 radical (unpaired) electrons. The van der Waals surface area contributed by atoms with Crippen LogP contribution in [0, 0.1) is 5.82 Å². The summed E-state index contributed by atoms with van der Waals surface area (Å²) < 4.78 is 17.2. The Balaban J connectivity index is 3.20. The van der Waals surface area contributed by atoms with E-state index in [2.05, 4.69) is 20.7 Å². The van der Waals surface area contributed by atoms with Crippen LogP contribution in [0.4, 0.5) is 4.39 Å². The van der Waals surface area contributed by atoms with Crippen LogP contribution >= 0.6 is 15.9 Å². The second kappa shape index (κ2) is 3.74. The van der Waals surface area contributed by atoms with Crippen LogP contribution in [0.3, 0.4) is 0 Å². The van der Waals surface area contributed by atoms with Crippen LogP contribution < -0.4 is 0 Å². The molecule has 0 bridgehead atoms. The van der Waals surface area contributed by atoms with E-state index in [9.17, 15) is 9.18 Å². The Morgan fingerprint density at radius 2 is 2.23 bits per heavy atom. The van der Waals surface area contributed by atoms with Gasteiger partial charge in [-0.05, 0) is 28.1 Å². The molecule has 0 atom stereocenters. The molecule has 0 aliphatic carbocycles. The highest BCUT2D eigenvalue weighted by Gasteiger charge is 2.12. The van der Waals surface area contributed by atoms with Crippen molar-refractivity contribution in [2.45, 2.75) is 0 Å². The molecule has 0 aliphatic heterocycles. The number of ether oxygens (including phenoxy) is 1. The Hall–Kier alpha value is -1.10. The number of phenols is 1. The highest BCUT2D eigenvalue weighted by atomic mass is 79.9. The van der Waals surface area contributed by atoms with Crippen molar-refractivity contribution in [3.8, 4) is 5.75 Å². The van der Waals surface area contributed by atoms with Gasteiger partial charge in [0.2, 0.25) is 0 Å². The maximum atomic E-state index is 12.8. The molecule has 1 N–H and O–H groups in total. The molecule has 0 aromatic heterocycles. The first-order valence-corrected chi connectivity index (χ1v) is 4.12. The zero-order valence-corrected chi connectivity index (χ0v) is 8.26. The van der Waals surface area contributed by atoms with Crippen LogP contribution in [-0.2, 0) is 4.74 Å². The molecule has 0 unspecified atom stereocenters. The minimum Gasteiger partial charge on any atom is -0.505 e. The zero-order valence-electron chi connectivity index (χ0n) is 6.67. The molecule has 13 heavy (non-hydrogen) atoms. The first kappa shape index (κ1) is 9.98. The van der Waals surface area contributed by atoms with Gasteiger partial charge in [-0.1, -0.05) is 0 Å². The van der Waals surface area contributed by atoms with Gasteiger partial charge in [0.15, 0.2) is 11.6 Å². The summed E-state index contributed by atoms with van der Waals surface area (Å²) in [5.74, 6) is -2.02. The Morgan fingerprint density at radius 3 is 2.69 bits per heavy atom. The molecule has 1 aromatic carbocycles. The van der Waals surface area contributed by atoms with Crippen molar-refractivity contribution >= 4 is 21.9 Å². The molecule has 0 saturated carbocycles. The number of phenolic OH excluding ortho intramolecular Hbond substituents is 1. The molecular formula is C8H6BrFO3. The summed E-state index contributed by atoms with van der Waals surface area (Å²) in [4.78, 5) is 11.0. The van der Waals surface area contributed by atoms with Gasteiger partial charge in [-0.25, -0.2) is 9.18 Å². The highest BCUT2D eigenvalue weighted by molar-refractivity contribution is 9.10. The van der Waals surface area contributed by atoms with Crippen LogP contribution in [0.25, 0.3) is 0 Å². The van der Waals surface area contributed by atoms with Gasteiger partial charge in [0.05, 0.1) is 17.1 Å². The van der Waals surface area contributed by atoms with Crippen molar-refractivity contribution in [3.05, 3.63) is 28.0 Å². The van der Waals surface area contributed by atoms with Crippen molar-refractivity contribution in [1.29, 1.82) is 0 Å². The lowest BCUT2D eigenvalue weighted by atomic mass is 10.2. The van der Waals surface area contributed by atoms with Crippen molar-refractivity contribution in [2.75, 3.05) is 7.11 Å². The van der Waals surface area contributed by atoms with E-state index in [1.54, 1.807) is 0 Å². The number of hydrogen-bond donors (Lipinski definition) is 1. The number of methoxy groups -OCH3 is 1. The summed E-state index contributed by atoms with van der Waals surface area (Å²) >= 11 is 2.85. The van der Waals surface area contributed by atoms with Crippen LogP contribution in [-0.4, -0.2) is 18.2 Å². The Bertz CT molecular complexity index is 328. The Kier molecular flexibility index (Phi) is 2.87. The molecule has 0 saturated heterocycles. The fourth-order valence-electron chi connectivity index (χ4n) is 0.810. The number of esters is 1. The van der Waals surface area contributed by atoms with Gasteiger partial charge in [0, 0.05) is 0 Å². The molecule has 0 spiro atoms. The summed E-state index contributed by atoms with van der Waals surface area (Å²) in [5.41, 5.74) is 0.0910. The summed E-state index contributed by atoms with van der Waals surface area (Å²) in [7, 11) is 1.21. The van der Waals surface area contributed by atoms with Crippen LogP contribution in [0.2, 0.25) is 0 Å². The molecule has 0 fully saturated rings. The van der Waals surface area contributed by atoms with E-state index in [1.165, 1.54) is 13.2 Å². The molecule has 5 heteroatoms. The quantitative estimate of drug-likeness (QED) is 0.775. The van der Waals surface area contributed by atoms with Gasteiger partial charge >= 0.3 is 5.97 Å². The molecule has 1 rings (SSSR count). The normalized spacial score (nSPS) is 9.77. The van der Waals surface area contributed by atoms with Crippen molar-refractivity contribution in [3.63, 3.8) is 0 Å². The molecule has 1 aromatic rings. The van der Waals surface area contributed by atoms with E-state index in [0.29, 0.717) is 0 Å². The predicted octanol–water partition coefficient (Wildman–Crippen LogP) is 2.08. The Morgan fingerprint density at radius 1 is 1.62 bits per heavy atom. The second-order valence-electron chi connectivity index (χ2n) is 2.28. The number of carbonyl (C=O) groups is 1. The van der Waals surface area contributed by atoms with Crippen LogP contribution in [0.5, 0.6) is 5.75 Å². The van der Waals surface area contributed by atoms with E-state index in [0.717, 1.165) is 6.07 Å². The molecule has 3 nitrogen and oxygen atoms in total. The third-order valence-electron chi connectivity index (χ3n) is 1.43. The maximum absolute atomic E-state index is 12.8. The van der Waals surface area contributed by atoms with E-state index in [4.69, 9.17) is 5.11 Å². The highest BCUT2D eigenvalue weighted by Crippen LogP contribution is 2.26. The number of aromatic hydroxyl groups is 1. The zero-order chi connectivity index (χ0) is 10.0. The monoisotopic (exact) mass is 248 g/mol. The van der Waals surface area contributed by atoms with Crippen molar-refractivity contribution in [1.82, 2.24) is 0 Å². The van der Waals surface area contributed by atoms with Crippen LogP contribution in [0.15, 0.2) is 16.6 Å². The van der Waals surface area contributed by atoms with Gasteiger partial charge < -0.3 is 9.84 Å². The van der Waals surface area contributed by atoms with Crippen molar-refractivity contribution in [2.24, 2.45) is 0 Å². The fraction of sp³-hybridized carbons (Fsp3) is 0.125. The standard InChI is InChI=1S/C8H6BrFO3/c1-13-8(12)4-2-5(9)7(10)6(11)3-4/h2-3,11H,1H3. The lowest BCUT2D eigenvalue weighted by Crippen LogP contribution is -2.01. The smallest absolute Gasteiger partial charge is 0.338 e. The minimum atomic E-state index is -0.798. The Labute approximate surface area is 82.3 Å². The number of rotatable bonds is 1. The van der Waals surface area contributed by atoms with Gasteiger partial charge in [-0.15, -0.1) is 0 Å². The molecule has 0 amide bonds. The minimum absolute atomic E-state index is 0.0212. The topological polar surface area (TPSA) is 46.5 Å². The van der Waals surface area contributed by atoms with E-state index < -0.39 is 17.5 Å². The summed E-state index contributed by atoms with van der Waals surface area (Å²) in [6.45, 7) is 0. The number of halogens is 2. The fourth-order valence-corrected chi connectivity index (χ4v) is 1.26. The third kappa shape index (κ3) is 1.98. The molecule has 0 aliphatic rings.